The summed E-state index contributed by atoms with van der Waals surface area (Å²) in [5, 5.41) is 12.2. The Balaban J connectivity index is 1.20. The number of allylic oxidation sites excluding steroid dienone is 1. The van der Waals surface area contributed by atoms with Crippen molar-refractivity contribution in [3.63, 3.8) is 0 Å². The van der Waals surface area contributed by atoms with Crippen molar-refractivity contribution in [1.29, 1.82) is 5.26 Å². The summed E-state index contributed by atoms with van der Waals surface area (Å²) in [5.74, 6) is 0.865. The van der Waals surface area contributed by atoms with Crippen LogP contribution in [0, 0.1) is 23.7 Å². The minimum absolute atomic E-state index is 0.0371. The van der Waals surface area contributed by atoms with Crippen molar-refractivity contribution in [2.45, 2.75) is 65.0 Å². The highest BCUT2D eigenvalue weighted by molar-refractivity contribution is 5.97. The number of nitrogens with zero attached hydrogens (tertiary/aromatic N) is 7. The van der Waals surface area contributed by atoms with E-state index in [0.717, 1.165) is 36.6 Å². The summed E-state index contributed by atoms with van der Waals surface area (Å²) in [6.07, 6.45) is 9.42. The fourth-order valence-electron chi connectivity index (χ4n) is 7.70. The molecular weight excluding hydrogens is 574 g/mol. The van der Waals surface area contributed by atoms with Crippen LogP contribution in [0.3, 0.4) is 0 Å². The summed E-state index contributed by atoms with van der Waals surface area (Å²) >= 11 is 0. The largest absolute Gasteiger partial charge is 0.463 e. The number of carbonyl (C=O) groups excluding carboxylic acids is 1. The van der Waals surface area contributed by atoms with Crippen molar-refractivity contribution in [2.75, 3.05) is 62.2 Å². The molecule has 46 heavy (non-hydrogen) atoms. The Morgan fingerprint density at radius 2 is 1.87 bits per heavy atom. The number of benzene rings is 2. The van der Waals surface area contributed by atoms with Crippen molar-refractivity contribution in [3.05, 3.63) is 65.4 Å². The van der Waals surface area contributed by atoms with Gasteiger partial charge in [-0.3, -0.25) is 4.79 Å². The Bertz CT molecular complexity index is 1660. The van der Waals surface area contributed by atoms with Gasteiger partial charge in [0.15, 0.2) is 0 Å². The Morgan fingerprint density at radius 3 is 2.63 bits per heavy atom. The van der Waals surface area contributed by atoms with Crippen molar-refractivity contribution in [3.8, 4) is 12.1 Å². The molecule has 1 aromatic heterocycles. The summed E-state index contributed by atoms with van der Waals surface area (Å²) in [6.45, 7) is 11.4. The second-order valence-electron chi connectivity index (χ2n) is 13.6. The molecule has 2 saturated heterocycles. The van der Waals surface area contributed by atoms with E-state index in [4.69, 9.17) is 14.7 Å². The molecule has 3 aromatic rings. The fourth-order valence-corrected chi connectivity index (χ4v) is 7.70. The number of ether oxygens (including phenoxy) is 1. The number of aromatic nitrogens is 2. The molecule has 3 fully saturated rings. The predicted octanol–water partition coefficient (Wildman–Crippen LogP) is 5.26. The first-order chi connectivity index (χ1) is 22.5. The average Bonchev–Trinajstić information content (AvgIpc) is 3.64. The number of amides is 1. The third kappa shape index (κ3) is 6.15. The highest BCUT2D eigenvalue weighted by atomic mass is 16.5. The molecule has 9 heteroatoms. The van der Waals surface area contributed by atoms with Gasteiger partial charge in [0, 0.05) is 54.8 Å². The zero-order valence-corrected chi connectivity index (χ0v) is 27.2. The molecular formula is C37H45N7O2. The molecule has 1 unspecified atom stereocenters. The van der Waals surface area contributed by atoms with E-state index in [2.05, 4.69) is 64.1 Å². The molecule has 0 radical (unpaired) electrons. The molecule has 7 rings (SSSR count). The number of rotatable bonds is 9. The van der Waals surface area contributed by atoms with Gasteiger partial charge in [-0.2, -0.15) is 15.2 Å². The lowest BCUT2D eigenvalue weighted by Gasteiger charge is -2.42. The summed E-state index contributed by atoms with van der Waals surface area (Å²) in [4.78, 5) is 32.2. The van der Waals surface area contributed by atoms with Gasteiger partial charge in [0.25, 0.3) is 0 Å². The van der Waals surface area contributed by atoms with E-state index in [9.17, 15) is 10.1 Å². The Labute approximate surface area is 272 Å². The van der Waals surface area contributed by atoms with E-state index >= 15 is 0 Å². The smallest absolute Gasteiger partial charge is 0.318 e. The molecule has 240 valence electrons. The zero-order valence-electron chi connectivity index (χ0n) is 27.2. The van der Waals surface area contributed by atoms with E-state index in [1.54, 1.807) is 12.2 Å². The van der Waals surface area contributed by atoms with Gasteiger partial charge in [0.05, 0.1) is 37.4 Å². The van der Waals surface area contributed by atoms with Crippen LogP contribution in [0.1, 0.15) is 55.8 Å². The van der Waals surface area contributed by atoms with E-state index in [1.807, 2.05) is 11.8 Å². The normalized spacial score (nSPS) is 21.1. The third-order valence-corrected chi connectivity index (χ3v) is 10.4. The number of fused-ring (bicyclic) bond motifs is 2. The lowest BCUT2D eigenvalue weighted by atomic mass is 9.99. The topological polar surface area (TPSA) is 88.8 Å². The van der Waals surface area contributed by atoms with Crippen LogP contribution in [0.25, 0.3) is 10.8 Å². The minimum atomic E-state index is -0.202. The van der Waals surface area contributed by atoms with Crippen LogP contribution >= 0.6 is 0 Å². The quantitative estimate of drug-likeness (QED) is 0.300. The Hall–Kier alpha value is -4.16. The maximum atomic E-state index is 12.9. The van der Waals surface area contributed by atoms with Crippen molar-refractivity contribution in [1.82, 2.24) is 19.8 Å². The molecule has 1 aliphatic carbocycles. The minimum Gasteiger partial charge on any atom is -0.463 e. The number of aryl methyl sites for hydroxylation is 1. The second-order valence-corrected chi connectivity index (χ2v) is 13.6. The number of piperazine rings is 1. The molecule has 3 aliphatic heterocycles. The molecule has 9 nitrogen and oxygen atoms in total. The van der Waals surface area contributed by atoms with Gasteiger partial charge in [-0.05, 0) is 82.1 Å². The van der Waals surface area contributed by atoms with Gasteiger partial charge in [0.2, 0.25) is 5.91 Å². The summed E-state index contributed by atoms with van der Waals surface area (Å²) in [6, 6.07) is 15.6. The first kappa shape index (κ1) is 30.5. The van der Waals surface area contributed by atoms with E-state index in [1.165, 1.54) is 60.8 Å². The summed E-state index contributed by atoms with van der Waals surface area (Å²) in [5.41, 5.74) is 4.87. The van der Waals surface area contributed by atoms with Gasteiger partial charge in [-0.15, -0.1) is 0 Å². The van der Waals surface area contributed by atoms with Crippen LogP contribution < -0.4 is 14.5 Å². The Kier molecular flexibility index (Phi) is 8.56. The van der Waals surface area contributed by atoms with E-state index in [-0.39, 0.29) is 23.8 Å². The van der Waals surface area contributed by atoms with Crippen molar-refractivity contribution in [2.24, 2.45) is 5.41 Å². The SMILES string of the molecule is C/C=C/C(=O)N1CCN(c2nc(OCC3(CN4CCCC4)CC3)nc3c2CCN(c2cccc4cccc(C)c24)C3)CC1CC#N. The highest BCUT2D eigenvalue weighted by Gasteiger charge is 2.45. The average molecular weight is 620 g/mol. The van der Waals surface area contributed by atoms with Crippen LogP contribution in [-0.2, 0) is 17.8 Å². The second kappa shape index (κ2) is 12.9. The molecule has 0 N–H and O–H groups in total. The number of anilines is 2. The summed E-state index contributed by atoms with van der Waals surface area (Å²) < 4.78 is 6.52. The maximum absolute atomic E-state index is 12.9. The molecule has 1 atom stereocenters. The molecule has 0 bridgehead atoms. The first-order valence-electron chi connectivity index (χ1n) is 17.0. The van der Waals surface area contributed by atoms with Crippen LogP contribution in [-0.4, -0.2) is 84.1 Å². The van der Waals surface area contributed by atoms with Crippen LogP contribution in [0.5, 0.6) is 6.01 Å². The standard InChI is InChI=1S/C37H45N7O2/c1-3-8-33(45)44-22-21-43(23-29(44)13-17-38)35-30-14-20-42(32-12-7-11-28-10-6-9-27(2)34(28)32)24-31(30)39-36(40-35)46-26-37(15-16-37)25-41-18-4-5-19-41/h3,6-12,29H,4-5,13-16,18-26H2,1-2H3/b8-3+. The number of carbonyl (C=O) groups is 1. The van der Waals surface area contributed by atoms with Gasteiger partial charge in [-0.25, -0.2) is 0 Å². The lowest BCUT2D eigenvalue weighted by Crippen LogP contribution is -2.55. The molecule has 4 aliphatic rings. The zero-order chi connectivity index (χ0) is 31.7. The monoisotopic (exact) mass is 619 g/mol. The Morgan fingerprint density at radius 1 is 1.07 bits per heavy atom. The lowest BCUT2D eigenvalue weighted by molar-refractivity contribution is -0.128. The first-order valence-corrected chi connectivity index (χ1v) is 17.0. The van der Waals surface area contributed by atoms with Crippen LogP contribution in [0.2, 0.25) is 0 Å². The van der Waals surface area contributed by atoms with E-state index < -0.39 is 0 Å². The molecule has 1 amide bonds. The molecule has 1 saturated carbocycles. The van der Waals surface area contributed by atoms with Gasteiger partial charge in [-0.1, -0.05) is 36.4 Å². The van der Waals surface area contributed by atoms with Gasteiger partial charge in [0.1, 0.15) is 5.82 Å². The molecule has 0 spiro atoms. The number of likely N-dealkylation sites (tertiary alicyclic amines) is 1. The van der Waals surface area contributed by atoms with Crippen molar-refractivity contribution >= 4 is 28.2 Å². The highest BCUT2D eigenvalue weighted by Crippen LogP contribution is 2.47. The number of hydrogen-bond acceptors (Lipinski definition) is 8. The number of hydrogen-bond donors (Lipinski definition) is 0. The fraction of sp³-hybridized carbons (Fsp3) is 0.514. The van der Waals surface area contributed by atoms with Crippen LogP contribution in [0.15, 0.2) is 48.6 Å². The van der Waals surface area contributed by atoms with Crippen LogP contribution in [0.4, 0.5) is 11.5 Å². The maximum Gasteiger partial charge on any atom is 0.318 e. The third-order valence-electron chi connectivity index (χ3n) is 10.4. The van der Waals surface area contributed by atoms with Gasteiger partial charge >= 0.3 is 6.01 Å². The molecule has 2 aromatic carbocycles. The summed E-state index contributed by atoms with van der Waals surface area (Å²) in [7, 11) is 0. The molecule has 4 heterocycles. The van der Waals surface area contributed by atoms with Crippen molar-refractivity contribution < 1.29 is 9.53 Å². The van der Waals surface area contributed by atoms with E-state index in [0.29, 0.717) is 38.8 Å². The number of nitriles is 1. The van der Waals surface area contributed by atoms with Gasteiger partial charge < -0.3 is 24.3 Å². The predicted molar refractivity (Wildman–Crippen MR) is 181 cm³/mol.